The first kappa shape index (κ1) is 34.0. The summed E-state index contributed by atoms with van der Waals surface area (Å²) in [5.41, 5.74) is 0.896. The number of aliphatic carboxylic acids is 1. The number of nitrogens with zero attached hydrogens (tertiary/aromatic N) is 3. The van der Waals surface area contributed by atoms with Gasteiger partial charge in [0.05, 0.1) is 23.0 Å². The Hall–Kier alpha value is -5.33. The van der Waals surface area contributed by atoms with Gasteiger partial charge in [-0.05, 0) is 47.8 Å². The second-order valence-corrected chi connectivity index (χ2v) is 14.0. The molecule has 0 saturated carbocycles. The summed E-state index contributed by atoms with van der Waals surface area (Å²) in [5.74, 6) is -2.30. The van der Waals surface area contributed by atoms with Crippen LogP contribution in [0.25, 0.3) is 0 Å². The van der Waals surface area contributed by atoms with Gasteiger partial charge in [-0.3, -0.25) is 34.6 Å². The van der Waals surface area contributed by atoms with Crippen LogP contribution in [0, 0.1) is 31.1 Å². The first-order valence-electron chi connectivity index (χ1n) is 15.4. The summed E-state index contributed by atoms with van der Waals surface area (Å²) in [7, 11) is 1.38. The number of methoxy groups -OCH3 is 1. The van der Waals surface area contributed by atoms with Gasteiger partial charge < -0.3 is 19.5 Å². The highest BCUT2D eigenvalue weighted by atomic mass is 16.6. The molecule has 0 fully saturated rings. The first-order chi connectivity index (χ1) is 22.5. The van der Waals surface area contributed by atoms with Crippen molar-refractivity contribution in [1.82, 2.24) is 4.90 Å². The summed E-state index contributed by atoms with van der Waals surface area (Å²) in [6.07, 6.45) is 3.03. The number of carbonyl (C=O) groups excluding carboxylic acids is 2. The number of hydrogen-bond acceptors (Lipinski definition) is 10. The number of benzene rings is 2. The monoisotopic (exact) mass is 659 g/mol. The van der Waals surface area contributed by atoms with Crippen molar-refractivity contribution < 1.29 is 38.8 Å². The Kier molecular flexibility index (Phi) is 8.76. The largest absolute Gasteiger partial charge is 0.493 e. The molecule has 2 aromatic carbocycles. The average molecular weight is 660 g/mol. The number of carboxylic acid groups (broad SMARTS) is 1. The fraction of sp³-hybridized carbons (Fsp3) is 0.400. The summed E-state index contributed by atoms with van der Waals surface area (Å²) >= 11 is 0. The quantitative estimate of drug-likeness (QED) is 0.161. The lowest BCUT2D eigenvalue weighted by molar-refractivity contribution is -0.394. The molecule has 1 N–H and O–H groups in total. The van der Waals surface area contributed by atoms with Crippen LogP contribution >= 0.6 is 0 Å². The molecule has 0 aromatic heterocycles. The summed E-state index contributed by atoms with van der Waals surface area (Å²) in [6.45, 7) is 11.3. The minimum Gasteiger partial charge on any atom is -0.493 e. The van der Waals surface area contributed by atoms with Crippen LogP contribution in [0.1, 0.15) is 70.4 Å². The zero-order valence-electron chi connectivity index (χ0n) is 27.5. The number of ketones is 2. The Bertz CT molecular complexity index is 1800. The van der Waals surface area contributed by atoms with Crippen molar-refractivity contribution >= 4 is 28.9 Å². The molecule has 0 unspecified atom stereocenters. The molecule has 2 aliphatic carbocycles. The van der Waals surface area contributed by atoms with Crippen molar-refractivity contribution in [3.05, 3.63) is 96.9 Å². The molecule has 13 heteroatoms. The van der Waals surface area contributed by atoms with Crippen LogP contribution in [0.2, 0.25) is 0 Å². The van der Waals surface area contributed by atoms with E-state index in [-0.39, 0.29) is 48.1 Å². The fourth-order valence-corrected chi connectivity index (χ4v) is 7.09. The zero-order chi connectivity index (χ0) is 35.3. The molecule has 3 aliphatic rings. The van der Waals surface area contributed by atoms with Gasteiger partial charge in [-0.2, -0.15) is 0 Å². The number of carboxylic acids is 1. The van der Waals surface area contributed by atoms with E-state index >= 15 is 0 Å². The van der Waals surface area contributed by atoms with Gasteiger partial charge in [-0.15, -0.1) is 6.58 Å². The summed E-state index contributed by atoms with van der Waals surface area (Å²) in [6, 6.07) is 6.40. The minimum absolute atomic E-state index is 0.0945. The Labute approximate surface area is 276 Å². The maximum atomic E-state index is 14.1. The van der Waals surface area contributed by atoms with E-state index in [2.05, 4.69) is 6.58 Å². The average Bonchev–Trinajstić information content (AvgIpc) is 2.97. The third-order valence-electron chi connectivity index (χ3n) is 8.95. The lowest BCUT2D eigenvalue weighted by Crippen LogP contribution is -2.45. The van der Waals surface area contributed by atoms with Gasteiger partial charge in [0, 0.05) is 52.9 Å². The van der Waals surface area contributed by atoms with Gasteiger partial charge >= 0.3 is 11.7 Å². The number of nitro benzene ring substituents is 2. The molecule has 48 heavy (non-hydrogen) atoms. The number of Topliss-reactive ketones (excluding diaryl/α,β-unsaturated/α-hetero) is 2. The zero-order valence-corrected chi connectivity index (χ0v) is 27.5. The molecule has 0 radical (unpaired) electrons. The van der Waals surface area contributed by atoms with Crippen molar-refractivity contribution in [2.45, 2.75) is 65.7 Å². The fourth-order valence-electron chi connectivity index (χ4n) is 7.09. The number of rotatable bonds is 10. The van der Waals surface area contributed by atoms with Crippen LogP contribution in [-0.2, 0) is 20.8 Å². The Morgan fingerprint density at radius 3 is 2.02 bits per heavy atom. The number of hydrogen-bond donors (Lipinski definition) is 1. The van der Waals surface area contributed by atoms with Crippen LogP contribution in [0.15, 0.2) is 65.5 Å². The molecule has 0 spiro atoms. The molecule has 0 saturated heterocycles. The second-order valence-electron chi connectivity index (χ2n) is 14.0. The van der Waals surface area contributed by atoms with E-state index in [1.807, 2.05) is 27.7 Å². The van der Waals surface area contributed by atoms with Crippen molar-refractivity contribution in [2.75, 3.05) is 13.7 Å². The predicted octanol–water partition coefficient (Wildman–Crippen LogP) is 6.80. The van der Waals surface area contributed by atoms with Crippen molar-refractivity contribution in [2.24, 2.45) is 10.8 Å². The van der Waals surface area contributed by atoms with Crippen LogP contribution in [0.5, 0.6) is 17.2 Å². The van der Waals surface area contributed by atoms with Crippen molar-refractivity contribution in [3.8, 4) is 17.2 Å². The highest BCUT2D eigenvalue weighted by Gasteiger charge is 2.49. The normalized spacial score (nSPS) is 18.6. The van der Waals surface area contributed by atoms with Gasteiger partial charge in [0.25, 0.3) is 5.69 Å². The van der Waals surface area contributed by atoms with Crippen LogP contribution in [0.4, 0.5) is 11.4 Å². The van der Waals surface area contributed by atoms with Gasteiger partial charge in [0.1, 0.15) is 6.54 Å². The molecule has 5 rings (SSSR count). The molecular weight excluding hydrogens is 622 g/mol. The van der Waals surface area contributed by atoms with Gasteiger partial charge in [0.2, 0.25) is 5.75 Å². The molecule has 2 aromatic rings. The van der Waals surface area contributed by atoms with E-state index in [1.165, 1.54) is 7.11 Å². The summed E-state index contributed by atoms with van der Waals surface area (Å²) < 4.78 is 11.8. The van der Waals surface area contributed by atoms with E-state index in [1.54, 1.807) is 23.1 Å². The SMILES string of the molecule is C=CCc1cc(C2C3=C(CC(C)(C)CC3=O)N(CC(=O)O)C3=C2C(=O)CC(C)(C)C3)cc(OC)c1Oc1ccc([N+](=O)[O-])cc1[N+](=O)[O-]. The number of carbonyl (C=O) groups is 3. The second kappa shape index (κ2) is 12.4. The third-order valence-corrected chi connectivity index (χ3v) is 8.95. The van der Waals surface area contributed by atoms with E-state index in [4.69, 9.17) is 9.47 Å². The highest BCUT2D eigenvalue weighted by molar-refractivity contribution is 6.07. The van der Waals surface area contributed by atoms with Crippen molar-refractivity contribution in [1.29, 1.82) is 0 Å². The number of non-ortho nitro benzene ring substituents is 1. The Morgan fingerprint density at radius 1 is 0.958 bits per heavy atom. The van der Waals surface area contributed by atoms with Crippen molar-refractivity contribution in [3.63, 3.8) is 0 Å². The van der Waals surface area contributed by atoms with E-state index in [0.29, 0.717) is 46.5 Å². The summed E-state index contributed by atoms with van der Waals surface area (Å²) in [5, 5.41) is 33.1. The molecule has 0 bridgehead atoms. The maximum Gasteiger partial charge on any atom is 0.323 e. The number of ether oxygens (including phenoxy) is 2. The van der Waals surface area contributed by atoms with Crippen LogP contribution in [0.3, 0.4) is 0 Å². The molecular formula is C35H37N3O10. The molecule has 1 aliphatic heterocycles. The van der Waals surface area contributed by atoms with Gasteiger partial charge in [0.15, 0.2) is 23.1 Å². The Balaban J connectivity index is 1.76. The molecule has 13 nitrogen and oxygen atoms in total. The van der Waals surface area contributed by atoms with E-state index in [9.17, 15) is 39.7 Å². The molecule has 252 valence electrons. The first-order valence-corrected chi connectivity index (χ1v) is 15.4. The lowest BCUT2D eigenvalue weighted by atomic mass is 9.63. The van der Waals surface area contributed by atoms with E-state index in [0.717, 1.165) is 18.2 Å². The summed E-state index contributed by atoms with van der Waals surface area (Å²) in [4.78, 5) is 63.6. The third kappa shape index (κ3) is 6.32. The molecule has 0 amide bonds. The van der Waals surface area contributed by atoms with Gasteiger partial charge in [-0.25, -0.2) is 0 Å². The molecule has 0 atom stereocenters. The maximum absolute atomic E-state index is 14.1. The number of nitro groups is 2. The van der Waals surface area contributed by atoms with Crippen LogP contribution < -0.4 is 9.47 Å². The lowest BCUT2D eigenvalue weighted by Gasteiger charge is -2.48. The predicted molar refractivity (Wildman–Crippen MR) is 174 cm³/mol. The smallest absolute Gasteiger partial charge is 0.323 e. The minimum atomic E-state index is -1.09. The standard InChI is InChI=1S/C35H37N3O10/c1-7-8-19-11-20(12-28(47-6)33(19)48-27-10-9-21(37(43)44)13-22(27)38(45)46)30-31-23(14-34(2,3)16-25(31)39)36(18-29(41)42)24-15-35(4,5)17-26(40)32(24)30/h7,9-13,30H,1,8,14-18H2,2-6H3,(H,41,42). The highest BCUT2D eigenvalue weighted by Crippen LogP contribution is 2.55. The Morgan fingerprint density at radius 2 is 1.54 bits per heavy atom. The van der Waals surface area contributed by atoms with Crippen LogP contribution in [-0.4, -0.2) is 51.0 Å². The number of allylic oxidation sites excluding steroid dienone is 5. The topological polar surface area (TPSA) is 179 Å². The molecule has 1 heterocycles. The van der Waals surface area contributed by atoms with Gasteiger partial charge in [-0.1, -0.05) is 39.8 Å². The van der Waals surface area contributed by atoms with E-state index < -0.39 is 50.5 Å².